The molecule has 1 saturated carbocycles. The molecule has 1 aromatic heterocycles. The smallest absolute Gasteiger partial charge is 0.270 e. The highest BCUT2D eigenvalue weighted by atomic mass is 16.6. The number of hydrogen-bond acceptors (Lipinski definition) is 4. The zero-order valence-electron chi connectivity index (χ0n) is 12.3. The number of non-ortho nitro benzene ring substituents is 1. The van der Waals surface area contributed by atoms with E-state index in [1.165, 1.54) is 12.1 Å². The second-order valence-corrected chi connectivity index (χ2v) is 5.49. The summed E-state index contributed by atoms with van der Waals surface area (Å²) in [6.07, 6.45) is 1.95. The van der Waals surface area contributed by atoms with Crippen LogP contribution in [0.15, 0.2) is 41.2 Å². The van der Waals surface area contributed by atoms with E-state index in [2.05, 4.69) is 5.32 Å². The summed E-state index contributed by atoms with van der Waals surface area (Å²) >= 11 is 0. The van der Waals surface area contributed by atoms with E-state index >= 15 is 0 Å². The summed E-state index contributed by atoms with van der Waals surface area (Å²) in [5.74, 6) is 0. The van der Waals surface area contributed by atoms with Gasteiger partial charge >= 0.3 is 0 Å². The van der Waals surface area contributed by atoms with Gasteiger partial charge in [0, 0.05) is 35.8 Å². The lowest BCUT2D eigenvalue weighted by molar-refractivity contribution is -0.384. The summed E-state index contributed by atoms with van der Waals surface area (Å²) in [5, 5.41) is 13.9. The number of aromatic nitrogens is 1. The average Bonchev–Trinajstić information content (AvgIpc) is 3.34. The largest absolute Gasteiger partial charge is 0.315 e. The van der Waals surface area contributed by atoms with Crippen molar-refractivity contribution in [3.05, 3.63) is 62.4 Å². The van der Waals surface area contributed by atoms with Gasteiger partial charge in [-0.2, -0.15) is 0 Å². The standard InChI is InChI=1S/C16H17N3O3/c1-17-10-12-5-8-15(18(16(12)20)13-6-7-13)11-3-2-4-14(9-11)19(21)22/h2-5,8-9,13,17H,6-7,10H2,1H3. The van der Waals surface area contributed by atoms with Gasteiger partial charge in [0.25, 0.3) is 11.2 Å². The van der Waals surface area contributed by atoms with Crippen LogP contribution in [-0.4, -0.2) is 16.5 Å². The van der Waals surface area contributed by atoms with Crippen LogP contribution in [0.3, 0.4) is 0 Å². The molecule has 0 unspecified atom stereocenters. The van der Waals surface area contributed by atoms with E-state index in [1.54, 1.807) is 29.8 Å². The molecule has 0 saturated heterocycles. The summed E-state index contributed by atoms with van der Waals surface area (Å²) in [5.41, 5.74) is 2.18. The summed E-state index contributed by atoms with van der Waals surface area (Å²) in [6, 6.07) is 10.3. The van der Waals surface area contributed by atoms with E-state index in [-0.39, 0.29) is 17.3 Å². The number of rotatable bonds is 5. The van der Waals surface area contributed by atoms with Crippen molar-refractivity contribution >= 4 is 5.69 Å². The number of nitrogens with zero attached hydrogens (tertiary/aromatic N) is 2. The Morgan fingerprint density at radius 1 is 1.32 bits per heavy atom. The molecule has 1 aliphatic rings. The second kappa shape index (κ2) is 5.73. The lowest BCUT2D eigenvalue weighted by Gasteiger charge is -2.14. The van der Waals surface area contributed by atoms with Gasteiger partial charge < -0.3 is 9.88 Å². The third kappa shape index (κ3) is 2.65. The van der Waals surface area contributed by atoms with E-state index in [1.807, 2.05) is 6.07 Å². The van der Waals surface area contributed by atoms with Crippen molar-refractivity contribution in [2.45, 2.75) is 25.4 Å². The number of benzene rings is 1. The molecule has 22 heavy (non-hydrogen) atoms. The zero-order valence-corrected chi connectivity index (χ0v) is 12.3. The third-order valence-corrected chi connectivity index (χ3v) is 3.83. The summed E-state index contributed by atoms with van der Waals surface area (Å²) in [6.45, 7) is 0.515. The molecule has 0 amide bonds. The lowest BCUT2D eigenvalue weighted by atomic mass is 10.1. The van der Waals surface area contributed by atoms with Gasteiger partial charge in [0.2, 0.25) is 0 Å². The molecule has 0 bridgehead atoms. The first-order valence-electron chi connectivity index (χ1n) is 7.25. The molecule has 2 aromatic rings. The molecular formula is C16H17N3O3. The van der Waals surface area contributed by atoms with Gasteiger partial charge in [0.15, 0.2) is 0 Å². The van der Waals surface area contributed by atoms with E-state index in [9.17, 15) is 14.9 Å². The molecule has 6 heteroatoms. The number of hydrogen-bond donors (Lipinski definition) is 1. The van der Waals surface area contributed by atoms with Gasteiger partial charge in [0.05, 0.1) is 10.6 Å². The van der Waals surface area contributed by atoms with Crippen LogP contribution < -0.4 is 10.9 Å². The van der Waals surface area contributed by atoms with Crippen molar-refractivity contribution in [1.82, 2.24) is 9.88 Å². The average molecular weight is 299 g/mol. The molecule has 6 nitrogen and oxygen atoms in total. The molecular weight excluding hydrogens is 282 g/mol. The number of nitro groups is 1. The summed E-state index contributed by atoms with van der Waals surface area (Å²) in [7, 11) is 1.80. The predicted octanol–water partition coefficient (Wildman–Crippen LogP) is 2.48. The molecule has 0 spiro atoms. The highest BCUT2D eigenvalue weighted by molar-refractivity contribution is 5.63. The van der Waals surface area contributed by atoms with E-state index in [4.69, 9.17) is 0 Å². The van der Waals surface area contributed by atoms with Crippen LogP contribution in [0.4, 0.5) is 5.69 Å². The first-order chi connectivity index (χ1) is 10.6. The Labute approximate surface area is 127 Å². The summed E-state index contributed by atoms with van der Waals surface area (Å²) < 4.78 is 1.78. The number of pyridine rings is 1. The first-order valence-corrected chi connectivity index (χ1v) is 7.25. The number of nitro benzene ring substituents is 1. The van der Waals surface area contributed by atoms with Crippen molar-refractivity contribution in [2.75, 3.05) is 7.05 Å². The van der Waals surface area contributed by atoms with E-state index < -0.39 is 4.92 Å². The lowest BCUT2D eigenvalue weighted by Crippen LogP contribution is -2.26. The van der Waals surface area contributed by atoms with Gasteiger partial charge in [-0.05, 0) is 26.0 Å². The quantitative estimate of drug-likeness (QED) is 0.679. The third-order valence-electron chi connectivity index (χ3n) is 3.83. The monoisotopic (exact) mass is 299 g/mol. The Morgan fingerprint density at radius 2 is 2.09 bits per heavy atom. The van der Waals surface area contributed by atoms with Crippen molar-refractivity contribution in [2.24, 2.45) is 0 Å². The van der Waals surface area contributed by atoms with Gasteiger partial charge in [-0.3, -0.25) is 14.9 Å². The molecule has 1 heterocycles. The maximum atomic E-state index is 12.6. The normalized spacial score (nSPS) is 14.0. The van der Waals surface area contributed by atoms with Crippen LogP contribution in [-0.2, 0) is 6.54 Å². The van der Waals surface area contributed by atoms with Crippen LogP contribution >= 0.6 is 0 Å². The minimum Gasteiger partial charge on any atom is -0.315 e. The van der Waals surface area contributed by atoms with Crippen molar-refractivity contribution in [1.29, 1.82) is 0 Å². The fourth-order valence-corrected chi connectivity index (χ4v) is 2.63. The Morgan fingerprint density at radius 3 is 2.73 bits per heavy atom. The summed E-state index contributed by atoms with van der Waals surface area (Å²) in [4.78, 5) is 23.2. The molecule has 1 fully saturated rings. The van der Waals surface area contributed by atoms with E-state index in [0.29, 0.717) is 17.7 Å². The molecule has 114 valence electrons. The van der Waals surface area contributed by atoms with Crippen LogP contribution in [0, 0.1) is 10.1 Å². The molecule has 0 radical (unpaired) electrons. The Bertz CT molecular complexity index is 778. The van der Waals surface area contributed by atoms with Crippen molar-refractivity contribution in [3.63, 3.8) is 0 Å². The predicted molar refractivity (Wildman–Crippen MR) is 83.8 cm³/mol. The fourth-order valence-electron chi connectivity index (χ4n) is 2.63. The van der Waals surface area contributed by atoms with Gasteiger partial charge in [0.1, 0.15) is 0 Å². The second-order valence-electron chi connectivity index (χ2n) is 5.49. The molecule has 1 aromatic carbocycles. The number of nitrogens with one attached hydrogen (secondary N) is 1. The molecule has 3 rings (SSSR count). The molecule has 1 aliphatic carbocycles. The van der Waals surface area contributed by atoms with Crippen molar-refractivity contribution < 1.29 is 4.92 Å². The topological polar surface area (TPSA) is 77.2 Å². The highest BCUT2D eigenvalue weighted by Gasteiger charge is 2.28. The zero-order chi connectivity index (χ0) is 15.7. The molecule has 0 atom stereocenters. The van der Waals surface area contributed by atoms with Gasteiger partial charge in [-0.25, -0.2) is 0 Å². The van der Waals surface area contributed by atoms with Crippen molar-refractivity contribution in [3.8, 4) is 11.3 Å². The van der Waals surface area contributed by atoms with Crippen LogP contribution in [0.25, 0.3) is 11.3 Å². The van der Waals surface area contributed by atoms with Crippen LogP contribution in [0.2, 0.25) is 0 Å². The van der Waals surface area contributed by atoms with Crippen LogP contribution in [0.1, 0.15) is 24.4 Å². The Balaban J connectivity index is 2.14. The molecule has 1 N–H and O–H groups in total. The van der Waals surface area contributed by atoms with Gasteiger partial charge in [-0.1, -0.05) is 18.2 Å². The SMILES string of the molecule is CNCc1ccc(-c2cccc([N+](=O)[O-])c2)n(C2CC2)c1=O. The maximum absolute atomic E-state index is 12.6. The Hall–Kier alpha value is -2.47. The van der Waals surface area contributed by atoms with Crippen LogP contribution in [0.5, 0.6) is 0 Å². The van der Waals surface area contributed by atoms with E-state index in [0.717, 1.165) is 18.5 Å². The Kier molecular flexibility index (Phi) is 3.77. The fraction of sp³-hybridized carbons (Fsp3) is 0.312. The highest BCUT2D eigenvalue weighted by Crippen LogP contribution is 2.37. The molecule has 0 aliphatic heterocycles. The minimum atomic E-state index is -0.418. The minimum absolute atomic E-state index is 0.0131. The first kappa shape index (κ1) is 14.5. The maximum Gasteiger partial charge on any atom is 0.270 e. The van der Waals surface area contributed by atoms with Gasteiger partial charge in [-0.15, -0.1) is 0 Å².